The zero-order valence-corrected chi connectivity index (χ0v) is 15.7. The van der Waals surface area contributed by atoms with Crippen LogP contribution in [0.1, 0.15) is 24.5 Å². The first-order valence-electron chi connectivity index (χ1n) is 8.34. The minimum atomic E-state index is -0.766. The van der Waals surface area contributed by atoms with Crippen LogP contribution < -0.4 is 15.4 Å². The van der Waals surface area contributed by atoms with Gasteiger partial charge in [0.25, 0.3) is 5.03 Å². The standard InChI is InChI=1S/C18H19N3O5S/c1-3-25-17(22)15-12(10-27-14-6-4-5-9-21(14)24)19-18(23)20-16(15)13-8-7-11(2)26-13/h4-9,16H,3,10H2,1-2H3,(H2,19,20,23)/t16-/m1/s1. The third-order valence-corrected chi connectivity index (χ3v) is 4.89. The number of pyridine rings is 1. The van der Waals surface area contributed by atoms with E-state index in [1.54, 1.807) is 44.2 Å². The second kappa shape index (κ2) is 8.17. The van der Waals surface area contributed by atoms with E-state index in [1.165, 1.54) is 18.0 Å². The third kappa shape index (κ3) is 4.25. The number of aryl methyl sites for hydroxylation is 1. The van der Waals surface area contributed by atoms with Gasteiger partial charge in [0.2, 0.25) is 0 Å². The average Bonchev–Trinajstić information content (AvgIpc) is 3.07. The molecule has 2 amide bonds. The number of furan rings is 1. The first kappa shape index (κ1) is 18.8. The van der Waals surface area contributed by atoms with Crippen molar-refractivity contribution in [2.45, 2.75) is 24.9 Å². The summed E-state index contributed by atoms with van der Waals surface area (Å²) in [5.74, 6) is 0.757. The van der Waals surface area contributed by atoms with E-state index in [2.05, 4.69) is 10.6 Å². The molecule has 2 aromatic rings. The number of rotatable bonds is 6. The van der Waals surface area contributed by atoms with Gasteiger partial charge < -0.3 is 25.0 Å². The third-order valence-electron chi connectivity index (χ3n) is 3.85. The van der Waals surface area contributed by atoms with Crippen LogP contribution in [0.5, 0.6) is 0 Å². The molecular formula is C18H19N3O5S. The molecule has 3 heterocycles. The lowest BCUT2D eigenvalue weighted by atomic mass is 10.0. The molecule has 8 nitrogen and oxygen atoms in total. The first-order chi connectivity index (χ1) is 13.0. The van der Waals surface area contributed by atoms with Crippen LogP contribution in [0.15, 0.2) is 57.2 Å². The molecule has 0 saturated heterocycles. The molecular weight excluding hydrogens is 370 g/mol. The van der Waals surface area contributed by atoms with E-state index < -0.39 is 18.0 Å². The summed E-state index contributed by atoms with van der Waals surface area (Å²) < 4.78 is 11.5. The summed E-state index contributed by atoms with van der Waals surface area (Å²) in [7, 11) is 0. The zero-order valence-electron chi connectivity index (χ0n) is 14.9. The van der Waals surface area contributed by atoms with Gasteiger partial charge in [-0.05, 0) is 43.8 Å². The summed E-state index contributed by atoms with van der Waals surface area (Å²) in [6.45, 7) is 3.68. The Morgan fingerprint density at radius 1 is 1.37 bits per heavy atom. The van der Waals surface area contributed by atoms with E-state index in [0.717, 1.165) is 4.73 Å². The molecule has 0 radical (unpaired) electrons. The molecule has 3 rings (SSSR count). The Labute approximate surface area is 160 Å². The molecule has 0 aromatic carbocycles. The summed E-state index contributed by atoms with van der Waals surface area (Å²) in [5.41, 5.74) is 0.636. The van der Waals surface area contributed by atoms with Crippen LogP contribution >= 0.6 is 11.8 Å². The van der Waals surface area contributed by atoms with Crippen molar-refractivity contribution in [3.8, 4) is 0 Å². The minimum Gasteiger partial charge on any atom is -0.618 e. The number of carbonyl (C=O) groups is 2. The normalized spacial score (nSPS) is 16.7. The van der Waals surface area contributed by atoms with Crippen LogP contribution in [-0.4, -0.2) is 24.4 Å². The van der Waals surface area contributed by atoms with Gasteiger partial charge in [-0.1, -0.05) is 0 Å². The molecule has 0 fully saturated rings. The minimum absolute atomic E-state index is 0.194. The molecule has 1 aliphatic rings. The van der Waals surface area contributed by atoms with Gasteiger partial charge in [-0.15, -0.1) is 0 Å². The molecule has 0 saturated carbocycles. The van der Waals surface area contributed by atoms with E-state index in [1.807, 2.05) is 0 Å². The second-order valence-electron chi connectivity index (χ2n) is 5.75. The number of ether oxygens (including phenoxy) is 1. The van der Waals surface area contributed by atoms with E-state index in [9.17, 15) is 14.8 Å². The van der Waals surface area contributed by atoms with Crippen LogP contribution in [0.4, 0.5) is 4.79 Å². The van der Waals surface area contributed by atoms with Crippen LogP contribution in [-0.2, 0) is 9.53 Å². The maximum Gasteiger partial charge on any atom is 0.338 e. The fraction of sp³-hybridized carbons (Fsp3) is 0.278. The van der Waals surface area contributed by atoms with E-state index in [-0.39, 0.29) is 17.9 Å². The van der Waals surface area contributed by atoms with Crippen molar-refractivity contribution in [2.24, 2.45) is 0 Å². The Morgan fingerprint density at radius 2 is 2.19 bits per heavy atom. The number of hydrogen-bond acceptors (Lipinski definition) is 6. The monoisotopic (exact) mass is 389 g/mol. The first-order valence-corrected chi connectivity index (χ1v) is 9.33. The van der Waals surface area contributed by atoms with Crippen molar-refractivity contribution < 1.29 is 23.5 Å². The van der Waals surface area contributed by atoms with Crippen molar-refractivity contribution in [3.05, 3.63) is 64.5 Å². The van der Waals surface area contributed by atoms with Gasteiger partial charge in [-0.2, -0.15) is 4.73 Å². The van der Waals surface area contributed by atoms with Crippen molar-refractivity contribution in [2.75, 3.05) is 12.4 Å². The molecule has 2 aromatic heterocycles. The highest BCUT2D eigenvalue weighted by Crippen LogP contribution is 2.31. The number of amides is 2. The highest BCUT2D eigenvalue weighted by atomic mass is 32.2. The van der Waals surface area contributed by atoms with Gasteiger partial charge >= 0.3 is 12.0 Å². The summed E-state index contributed by atoms with van der Waals surface area (Å²) in [5, 5.41) is 17.6. The van der Waals surface area contributed by atoms with Gasteiger partial charge in [0.05, 0.1) is 12.2 Å². The van der Waals surface area contributed by atoms with Crippen molar-refractivity contribution in [1.29, 1.82) is 0 Å². The van der Waals surface area contributed by atoms with Gasteiger partial charge in [-0.3, -0.25) is 0 Å². The topological polar surface area (TPSA) is 108 Å². The van der Waals surface area contributed by atoms with Gasteiger partial charge in [0, 0.05) is 23.6 Å². The van der Waals surface area contributed by atoms with Crippen LogP contribution in [0.2, 0.25) is 0 Å². The predicted octanol–water partition coefficient (Wildman–Crippen LogP) is 2.18. The van der Waals surface area contributed by atoms with Crippen LogP contribution in [0.25, 0.3) is 0 Å². The van der Waals surface area contributed by atoms with Crippen LogP contribution in [0.3, 0.4) is 0 Å². The van der Waals surface area contributed by atoms with Crippen molar-refractivity contribution in [1.82, 2.24) is 10.6 Å². The van der Waals surface area contributed by atoms with Crippen molar-refractivity contribution in [3.63, 3.8) is 0 Å². The largest absolute Gasteiger partial charge is 0.618 e. The molecule has 9 heteroatoms. The Morgan fingerprint density at radius 3 is 2.85 bits per heavy atom. The second-order valence-corrected chi connectivity index (χ2v) is 6.74. The Bertz CT molecular complexity index is 893. The number of nitrogens with one attached hydrogen (secondary N) is 2. The number of hydrogen-bond donors (Lipinski definition) is 2. The van der Waals surface area contributed by atoms with E-state index >= 15 is 0 Å². The Hall–Kier alpha value is -2.94. The molecule has 0 spiro atoms. The molecule has 0 aliphatic carbocycles. The van der Waals surface area contributed by atoms with Gasteiger partial charge in [0.1, 0.15) is 17.6 Å². The van der Waals surface area contributed by atoms with Crippen molar-refractivity contribution >= 4 is 23.8 Å². The molecule has 27 heavy (non-hydrogen) atoms. The van der Waals surface area contributed by atoms with Crippen LogP contribution in [0, 0.1) is 12.1 Å². The fourth-order valence-corrected chi connectivity index (χ4v) is 3.56. The van der Waals surface area contributed by atoms with E-state index in [0.29, 0.717) is 22.2 Å². The number of esters is 1. The molecule has 2 N–H and O–H groups in total. The Balaban J connectivity index is 1.96. The number of urea groups is 1. The lowest BCUT2D eigenvalue weighted by Gasteiger charge is -2.27. The van der Waals surface area contributed by atoms with E-state index in [4.69, 9.17) is 9.15 Å². The molecule has 1 atom stereocenters. The summed E-state index contributed by atoms with van der Waals surface area (Å²) in [6, 6.07) is 7.27. The average molecular weight is 389 g/mol. The number of nitrogens with zero attached hydrogens (tertiary/aromatic N) is 1. The maximum atomic E-state index is 12.6. The lowest BCUT2D eigenvalue weighted by Crippen LogP contribution is -2.46. The highest BCUT2D eigenvalue weighted by molar-refractivity contribution is 7.99. The molecule has 0 unspecified atom stereocenters. The Kier molecular flexibility index (Phi) is 5.70. The smallest absolute Gasteiger partial charge is 0.338 e. The highest BCUT2D eigenvalue weighted by Gasteiger charge is 2.35. The molecule has 142 valence electrons. The fourth-order valence-electron chi connectivity index (χ4n) is 2.67. The summed E-state index contributed by atoms with van der Waals surface area (Å²) >= 11 is 1.21. The SMILES string of the molecule is CCOC(=O)C1=C(CSc2cccc[n+]2[O-])NC(=O)N[C@@H]1c1ccc(C)o1. The number of thioether (sulfide) groups is 1. The summed E-state index contributed by atoms with van der Waals surface area (Å²) in [4.78, 5) is 24.7. The number of carbonyl (C=O) groups excluding carboxylic acids is 2. The van der Waals surface area contributed by atoms with Gasteiger partial charge in [-0.25, -0.2) is 9.59 Å². The van der Waals surface area contributed by atoms with Gasteiger partial charge in [0.15, 0.2) is 6.20 Å². The quantitative estimate of drug-likeness (QED) is 0.339. The molecule has 1 aliphatic heterocycles. The zero-order chi connectivity index (χ0) is 19.4. The maximum absolute atomic E-state index is 12.6. The molecule has 0 bridgehead atoms. The summed E-state index contributed by atoms with van der Waals surface area (Å²) in [6.07, 6.45) is 1.39. The predicted molar refractivity (Wildman–Crippen MR) is 97.6 cm³/mol. The lowest BCUT2D eigenvalue weighted by molar-refractivity contribution is -0.645. The number of aromatic nitrogens is 1.